The molecule has 0 radical (unpaired) electrons. The molecule has 2 rings (SSSR count). The molecule has 1 fully saturated rings. The lowest BCUT2D eigenvalue weighted by atomic mass is 9.93. The van der Waals surface area contributed by atoms with Crippen LogP contribution in [0.5, 0.6) is 0 Å². The van der Waals surface area contributed by atoms with Crippen molar-refractivity contribution in [3.63, 3.8) is 0 Å². The Morgan fingerprint density at radius 3 is 2.84 bits per heavy atom. The van der Waals surface area contributed by atoms with Gasteiger partial charge in [0.05, 0.1) is 5.56 Å². The third-order valence-electron chi connectivity index (χ3n) is 3.99. The predicted molar refractivity (Wildman–Crippen MR) is 73.7 cm³/mol. The summed E-state index contributed by atoms with van der Waals surface area (Å²) in [4.78, 5) is 14.1. The number of nitrogens with one attached hydrogen (secondary N) is 1. The van der Waals surface area contributed by atoms with Crippen molar-refractivity contribution in [1.82, 2.24) is 10.2 Å². The molecule has 104 valence electrons. The molecule has 3 nitrogen and oxygen atoms in total. The lowest BCUT2D eigenvalue weighted by Crippen LogP contribution is -2.49. The summed E-state index contributed by atoms with van der Waals surface area (Å²) >= 11 is 0. The van der Waals surface area contributed by atoms with E-state index in [2.05, 4.69) is 12.2 Å². The molecule has 19 heavy (non-hydrogen) atoms. The van der Waals surface area contributed by atoms with Gasteiger partial charge in [-0.2, -0.15) is 0 Å². The molecule has 1 aliphatic heterocycles. The van der Waals surface area contributed by atoms with Crippen molar-refractivity contribution in [2.24, 2.45) is 5.92 Å². The monoisotopic (exact) mass is 264 g/mol. The van der Waals surface area contributed by atoms with Gasteiger partial charge in [0.2, 0.25) is 0 Å². The maximum atomic E-state index is 14.0. The highest BCUT2D eigenvalue weighted by Crippen LogP contribution is 2.20. The number of amides is 1. The highest BCUT2D eigenvalue weighted by atomic mass is 19.1. The smallest absolute Gasteiger partial charge is 0.256 e. The van der Waals surface area contributed by atoms with E-state index in [1.54, 1.807) is 30.0 Å². The minimum absolute atomic E-state index is 0.190. The fraction of sp³-hybridized carbons (Fsp3) is 0.533. The fourth-order valence-corrected chi connectivity index (χ4v) is 2.74. The quantitative estimate of drug-likeness (QED) is 0.888. The van der Waals surface area contributed by atoms with Gasteiger partial charge in [-0.1, -0.05) is 19.1 Å². The number of nitrogens with zero attached hydrogens (tertiary/aromatic N) is 1. The average molecular weight is 264 g/mol. The zero-order chi connectivity index (χ0) is 14.0. The summed E-state index contributed by atoms with van der Waals surface area (Å²) in [5, 5.41) is 3.26. The first kappa shape index (κ1) is 14.0. The van der Waals surface area contributed by atoms with Crippen LogP contribution in [0.25, 0.3) is 0 Å². The molecular formula is C15H21FN2O. The molecule has 1 amide bonds. The molecule has 1 heterocycles. The van der Waals surface area contributed by atoms with Crippen molar-refractivity contribution in [1.29, 1.82) is 0 Å². The Kier molecular flexibility index (Phi) is 4.20. The van der Waals surface area contributed by atoms with Crippen LogP contribution < -0.4 is 5.32 Å². The van der Waals surface area contributed by atoms with Crippen LogP contribution in [0.4, 0.5) is 4.39 Å². The molecule has 1 saturated heterocycles. The summed E-state index contributed by atoms with van der Waals surface area (Å²) in [6.07, 6.45) is 0.914. The van der Waals surface area contributed by atoms with Gasteiger partial charge in [0.15, 0.2) is 0 Å². The Morgan fingerprint density at radius 1 is 1.47 bits per heavy atom. The molecule has 0 aliphatic carbocycles. The molecule has 4 heteroatoms. The minimum atomic E-state index is -0.393. The number of rotatable bonds is 2. The molecule has 1 aromatic rings. The van der Waals surface area contributed by atoms with E-state index in [0.29, 0.717) is 30.6 Å². The number of halogens is 1. The van der Waals surface area contributed by atoms with Crippen LogP contribution in [0.15, 0.2) is 18.2 Å². The Bertz CT molecular complexity index is 475. The normalized spacial score (nSPS) is 23.5. The van der Waals surface area contributed by atoms with Crippen LogP contribution >= 0.6 is 0 Å². The van der Waals surface area contributed by atoms with E-state index >= 15 is 0 Å². The highest BCUT2D eigenvalue weighted by Gasteiger charge is 2.29. The molecular weight excluding hydrogens is 243 g/mol. The van der Waals surface area contributed by atoms with Crippen molar-refractivity contribution < 1.29 is 9.18 Å². The summed E-state index contributed by atoms with van der Waals surface area (Å²) < 4.78 is 14.0. The third kappa shape index (κ3) is 2.78. The Balaban J connectivity index is 2.15. The van der Waals surface area contributed by atoms with Crippen LogP contribution in [0.1, 0.15) is 29.3 Å². The highest BCUT2D eigenvalue weighted by molar-refractivity contribution is 5.94. The molecule has 0 bridgehead atoms. The Hall–Kier alpha value is -1.42. The van der Waals surface area contributed by atoms with Gasteiger partial charge < -0.3 is 10.2 Å². The molecule has 0 spiro atoms. The standard InChI is InChI=1S/C15H21FN2O/c1-10-5-4-6-12(14(10)16)15(19)18-8-7-13(17-3)11(2)9-18/h4-6,11,13,17H,7-9H2,1-3H3. The van der Waals surface area contributed by atoms with E-state index in [4.69, 9.17) is 0 Å². The van der Waals surface area contributed by atoms with Gasteiger partial charge in [0, 0.05) is 19.1 Å². The topological polar surface area (TPSA) is 32.3 Å². The molecule has 1 N–H and O–H groups in total. The van der Waals surface area contributed by atoms with E-state index in [1.807, 2.05) is 7.05 Å². The molecule has 2 unspecified atom stereocenters. The van der Waals surface area contributed by atoms with Gasteiger partial charge in [0.1, 0.15) is 5.82 Å². The summed E-state index contributed by atoms with van der Waals surface area (Å²) in [6, 6.07) is 5.42. The molecule has 1 aliphatic rings. The van der Waals surface area contributed by atoms with Crippen molar-refractivity contribution >= 4 is 5.91 Å². The SMILES string of the molecule is CNC1CCN(C(=O)c2cccc(C)c2F)CC1C. The van der Waals surface area contributed by atoms with Crippen molar-refractivity contribution in [2.45, 2.75) is 26.3 Å². The van der Waals surface area contributed by atoms with Gasteiger partial charge in [-0.25, -0.2) is 4.39 Å². The fourth-order valence-electron chi connectivity index (χ4n) is 2.74. The van der Waals surface area contributed by atoms with E-state index in [0.717, 1.165) is 6.42 Å². The number of carbonyl (C=O) groups is 1. The van der Waals surface area contributed by atoms with Gasteiger partial charge in [-0.05, 0) is 37.9 Å². The molecule has 0 saturated carbocycles. The van der Waals surface area contributed by atoms with Crippen LogP contribution in [0.3, 0.4) is 0 Å². The van der Waals surface area contributed by atoms with Gasteiger partial charge in [-0.15, -0.1) is 0 Å². The lowest BCUT2D eigenvalue weighted by Gasteiger charge is -2.36. The van der Waals surface area contributed by atoms with Crippen LogP contribution in [0, 0.1) is 18.7 Å². The van der Waals surface area contributed by atoms with Crippen molar-refractivity contribution in [3.8, 4) is 0 Å². The second-order valence-corrected chi connectivity index (χ2v) is 5.35. The first-order chi connectivity index (χ1) is 9.04. The first-order valence-corrected chi connectivity index (χ1v) is 6.76. The average Bonchev–Trinajstić information content (AvgIpc) is 2.41. The van der Waals surface area contributed by atoms with Gasteiger partial charge >= 0.3 is 0 Å². The van der Waals surface area contributed by atoms with E-state index in [-0.39, 0.29) is 11.5 Å². The molecule has 0 aromatic heterocycles. The third-order valence-corrected chi connectivity index (χ3v) is 3.99. The van der Waals surface area contributed by atoms with E-state index in [9.17, 15) is 9.18 Å². The number of likely N-dealkylation sites (tertiary alicyclic amines) is 1. The predicted octanol–water partition coefficient (Wildman–Crippen LogP) is 2.20. The van der Waals surface area contributed by atoms with E-state index < -0.39 is 5.82 Å². The summed E-state index contributed by atoms with van der Waals surface area (Å²) in [5.41, 5.74) is 0.708. The number of hydrogen-bond acceptors (Lipinski definition) is 2. The Labute approximate surface area is 113 Å². The van der Waals surface area contributed by atoms with Crippen LogP contribution in [-0.4, -0.2) is 37.0 Å². The second-order valence-electron chi connectivity index (χ2n) is 5.35. The summed E-state index contributed by atoms with van der Waals surface area (Å²) in [6.45, 7) is 5.16. The van der Waals surface area contributed by atoms with Gasteiger partial charge in [-0.3, -0.25) is 4.79 Å². The maximum Gasteiger partial charge on any atom is 0.256 e. The van der Waals surface area contributed by atoms with Crippen molar-refractivity contribution in [3.05, 3.63) is 35.1 Å². The Morgan fingerprint density at radius 2 is 2.21 bits per heavy atom. The van der Waals surface area contributed by atoms with E-state index in [1.165, 1.54) is 0 Å². The lowest BCUT2D eigenvalue weighted by molar-refractivity contribution is 0.0644. The number of carbonyl (C=O) groups excluding carboxylic acids is 1. The van der Waals surface area contributed by atoms with Crippen LogP contribution in [0.2, 0.25) is 0 Å². The number of hydrogen-bond donors (Lipinski definition) is 1. The molecule has 2 atom stereocenters. The minimum Gasteiger partial charge on any atom is -0.338 e. The zero-order valence-corrected chi connectivity index (χ0v) is 11.7. The zero-order valence-electron chi connectivity index (χ0n) is 11.7. The number of piperidine rings is 1. The maximum absolute atomic E-state index is 14.0. The first-order valence-electron chi connectivity index (χ1n) is 6.76. The van der Waals surface area contributed by atoms with Crippen molar-refractivity contribution in [2.75, 3.05) is 20.1 Å². The summed E-state index contributed by atoms with van der Waals surface area (Å²) in [7, 11) is 1.94. The molecule has 1 aromatic carbocycles. The van der Waals surface area contributed by atoms with Gasteiger partial charge in [0.25, 0.3) is 5.91 Å². The summed E-state index contributed by atoms with van der Waals surface area (Å²) in [5.74, 6) is -0.200. The van der Waals surface area contributed by atoms with Crippen LogP contribution in [-0.2, 0) is 0 Å². The largest absolute Gasteiger partial charge is 0.338 e. The number of benzene rings is 1. The second kappa shape index (κ2) is 5.70. The number of aryl methyl sites for hydroxylation is 1.